The Balaban J connectivity index is 4.79. The molecule has 21 heavy (non-hydrogen) atoms. The van der Waals surface area contributed by atoms with Gasteiger partial charge in [-0.25, -0.2) is 0 Å². The number of hydrogen-bond donors (Lipinski definition) is 0. The predicted octanol–water partition coefficient (Wildman–Crippen LogP) is 7.60. The van der Waals surface area contributed by atoms with E-state index in [0.29, 0.717) is 5.04 Å². The lowest BCUT2D eigenvalue weighted by Gasteiger charge is -2.45. The summed E-state index contributed by atoms with van der Waals surface area (Å²) in [6.07, 6.45) is 9.87. The Bertz CT molecular complexity index is 314. The summed E-state index contributed by atoms with van der Waals surface area (Å²) in [6.45, 7) is 20.9. The fourth-order valence-electron chi connectivity index (χ4n) is 3.77. The third-order valence-corrected chi connectivity index (χ3v) is 12.9. The van der Waals surface area contributed by atoms with Gasteiger partial charge in [-0.1, -0.05) is 77.4 Å². The van der Waals surface area contributed by atoms with Gasteiger partial charge in [0.1, 0.15) is 0 Å². The maximum Gasteiger partial charge on any atom is 0.0628 e. The molecule has 0 saturated heterocycles. The molecule has 0 heterocycles. The van der Waals surface area contributed by atoms with Crippen molar-refractivity contribution in [3.8, 4) is 0 Å². The zero-order chi connectivity index (χ0) is 16.5. The zero-order valence-corrected chi connectivity index (χ0v) is 16.9. The van der Waals surface area contributed by atoms with Crippen LogP contribution in [0.5, 0.6) is 0 Å². The SMILES string of the molecule is C=CC(C)(CC/C(C)=C/CCC(C)C)[Si](CC)(CC)CC. The molecule has 0 aromatic carbocycles. The van der Waals surface area contributed by atoms with Gasteiger partial charge in [-0.3, -0.25) is 0 Å². The first-order valence-corrected chi connectivity index (χ1v) is 11.7. The fraction of sp³-hybridized carbons (Fsp3) is 0.800. The van der Waals surface area contributed by atoms with Crippen LogP contribution in [-0.2, 0) is 0 Å². The summed E-state index contributed by atoms with van der Waals surface area (Å²) in [6, 6.07) is 4.16. The lowest BCUT2D eigenvalue weighted by atomic mass is 9.99. The highest BCUT2D eigenvalue weighted by Crippen LogP contribution is 2.49. The number of allylic oxidation sites excluding steroid dienone is 3. The highest BCUT2D eigenvalue weighted by molar-refractivity contribution is 6.83. The molecule has 0 N–H and O–H groups in total. The van der Waals surface area contributed by atoms with Gasteiger partial charge in [0.05, 0.1) is 8.07 Å². The van der Waals surface area contributed by atoms with Crippen molar-refractivity contribution in [1.82, 2.24) is 0 Å². The molecular weight excluding hydrogens is 268 g/mol. The van der Waals surface area contributed by atoms with Crippen molar-refractivity contribution in [3.05, 3.63) is 24.3 Å². The highest BCUT2D eigenvalue weighted by Gasteiger charge is 2.43. The summed E-state index contributed by atoms with van der Waals surface area (Å²) in [5, 5.41) is 0.387. The van der Waals surface area contributed by atoms with Crippen molar-refractivity contribution in [2.75, 3.05) is 0 Å². The molecule has 0 rings (SSSR count). The van der Waals surface area contributed by atoms with Crippen LogP contribution in [0.15, 0.2) is 24.3 Å². The summed E-state index contributed by atoms with van der Waals surface area (Å²) in [4.78, 5) is 0. The Morgan fingerprint density at radius 2 is 1.67 bits per heavy atom. The molecule has 0 bridgehead atoms. The predicted molar refractivity (Wildman–Crippen MR) is 103 cm³/mol. The number of hydrogen-bond acceptors (Lipinski definition) is 0. The van der Waals surface area contributed by atoms with E-state index in [0.717, 1.165) is 5.92 Å². The van der Waals surface area contributed by atoms with Crippen LogP contribution >= 0.6 is 0 Å². The second-order valence-corrected chi connectivity index (χ2v) is 13.3. The standard InChI is InChI=1S/C20H40Si/c1-9-20(8,21(10-2,11-3)12-4)17-16-19(7)15-13-14-18(5)6/h9,15,18H,1,10-14,16-17H2,2-8H3/b19-15+. The molecule has 0 fully saturated rings. The Labute approximate surface area is 136 Å². The largest absolute Gasteiger partial charge is 0.103 e. The van der Waals surface area contributed by atoms with Crippen molar-refractivity contribution in [2.45, 2.75) is 97.3 Å². The van der Waals surface area contributed by atoms with Crippen molar-refractivity contribution >= 4 is 8.07 Å². The molecule has 1 atom stereocenters. The average Bonchev–Trinajstić information content (AvgIpc) is 2.47. The quantitative estimate of drug-likeness (QED) is 0.272. The molecule has 0 radical (unpaired) electrons. The first-order valence-electron chi connectivity index (χ1n) is 9.10. The van der Waals surface area contributed by atoms with Crippen LogP contribution in [0.25, 0.3) is 0 Å². The fourth-order valence-corrected chi connectivity index (χ4v) is 8.78. The van der Waals surface area contributed by atoms with Crippen LogP contribution in [0.1, 0.15) is 74.1 Å². The lowest BCUT2D eigenvalue weighted by Crippen LogP contribution is -2.43. The molecule has 0 aliphatic heterocycles. The minimum absolute atomic E-state index is 0.387. The lowest BCUT2D eigenvalue weighted by molar-refractivity contribution is 0.589. The molecular formula is C20H40Si. The van der Waals surface area contributed by atoms with Crippen LogP contribution in [0.2, 0.25) is 23.2 Å². The Morgan fingerprint density at radius 1 is 1.14 bits per heavy atom. The van der Waals surface area contributed by atoms with Crippen LogP contribution < -0.4 is 0 Å². The van der Waals surface area contributed by atoms with E-state index in [2.05, 4.69) is 67.2 Å². The Morgan fingerprint density at radius 3 is 2.05 bits per heavy atom. The van der Waals surface area contributed by atoms with Crippen molar-refractivity contribution < 1.29 is 0 Å². The van der Waals surface area contributed by atoms with Gasteiger partial charge < -0.3 is 0 Å². The van der Waals surface area contributed by atoms with Crippen molar-refractivity contribution in [2.24, 2.45) is 5.92 Å². The maximum atomic E-state index is 4.22. The van der Waals surface area contributed by atoms with Gasteiger partial charge >= 0.3 is 0 Å². The molecule has 0 saturated carbocycles. The minimum atomic E-state index is -1.23. The average molecular weight is 309 g/mol. The molecule has 0 nitrogen and oxygen atoms in total. The molecule has 0 aliphatic carbocycles. The summed E-state index contributed by atoms with van der Waals surface area (Å²) in [5.74, 6) is 0.813. The van der Waals surface area contributed by atoms with Gasteiger partial charge in [0.2, 0.25) is 0 Å². The first-order chi connectivity index (χ1) is 9.80. The normalized spacial score (nSPS) is 16.1. The molecule has 124 valence electrons. The van der Waals surface area contributed by atoms with E-state index >= 15 is 0 Å². The summed E-state index contributed by atoms with van der Waals surface area (Å²) in [7, 11) is -1.23. The summed E-state index contributed by atoms with van der Waals surface area (Å²) < 4.78 is 0. The van der Waals surface area contributed by atoms with Gasteiger partial charge in [-0.15, -0.1) is 6.58 Å². The van der Waals surface area contributed by atoms with E-state index in [1.807, 2.05) is 0 Å². The van der Waals surface area contributed by atoms with Gasteiger partial charge in [-0.05, 0) is 43.6 Å². The third-order valence-electron chi connectivity index (χ3n) is 5.97. The third kappa shape index (κ3) is 5.77. The van der Waals surface area contributed by atoms with Gasteiger partial charge in [-0.2, -0.15) is 0 Å². The maximum absolute atomic E-state index is 4.22. The minimum Gasteiger partial charge on any atom is -0.103 e. The van der Waals surface area contributed by atoms with E-state index in [4.69, 9.17) is 0 Å². The van der Waals surface area contributed by atoms with Crippen LogP contribution in [0.3, 0.4) is 0 Å². The second kappa shape index (κ2) is 9.66. The summed E-state index contributed by atoms with van der Waals surface area (Å²) in [5.41, 5.74) is 1.58. The van der Waals surface area contributed by atoms with Crippen molar-refractivity contribution in [3.63, 3.8) is 0 Å². The topological polar surface area (TPSA) is 0 Å². The van der Waals surface area contributed by atoms with Crippen LogP contribution in [0, 0.1) is 5.92 Å². The monoisotopic (exact) mass is 308 g/mol. The molecule has 0 aliphatic rings. The smallest absolute Gasteiger partial charge is 0.0628 e. The van der Waals surface area contributed by atoms with E-state index in [-0.39, 0.29) is 0 Å². The molecule has 0 amide bonds. The van der Waals surface area contributed by atoms with E-state index in [9.17, 15) is 0 Å². The zero-order valence-electron chi connectivity index (χ0n) is 15.9. The molecule has 0 spiro atoms. The van der Waals surface area contributed by atoms with E-state index in [1.54, 1.807) is 5.57 Å². The van der Waals surface area contributed by atoms with E-state index < -0.39 is 8.07 Å². The molecule has 0 aromatic rings. The first kappa shape index (κ1) is 20.7. The van der Waals surface area contributed by atoms with Gasteiger partial charge in [0, 0.05) is 0 Å². The van der Waals surface area contributed by atoms with E-state index in [1.165, 1.54) is 43.8 Å². The van der Waals surface area contributed by atoms with Crippen LogP contribution in [-0.4, -0.2) is 8.07 Å². The molecule has 0 aromatic heterocycles. The van der Waals surface area contributed by atoms with Crippen molar-refractivity contribution in [1.29, 1.82) is 0 Å². The molecule has 1 unspecified atom stereocenters. The number of rotatable bonds is 11. The van der Waals surface area contributed by atoms with Crippen LogP contribution in [0.4, 0.5) is 0 Å². The summed E-state index contributed by atoms with van der Waals surface area (Å²) >= 11 is 0. The Kier molecular flexibility index (Phi) is 9.52. The second-order valence-electron chi connectivity index (χ2n) is 7.48. The van der Waals surface area contributed by atoms with Gasteiger partial charge in [0.25, 0.3) is 0 Å². The highest BCUT2D eigenvalue weighted by atomic mass is 28.3. The molecule has 1 heteroatoms. The Hall–Kier alpha value is -0.303. The van der Waals surface area contributed by atoms with Gasteiger partial charge in [0.15, 0.2) is 0 Å².